The Morgan fingerprint density at radius 1 is 1.17 bits per heavy atom. The molecule has 2 heterocycles. The van der Waals surface area contributed by atoms with Gasteiger partial charge < -0.3 is 24.4 Å². The molecule has 0 aliphatic carbocycles. The van der Waals surface area contributed by atoms with Gasteiger partial charge in [0.05, 0.1) is 5.56 Å². The summed E-state index contributed by atoms with van der Waals surface area (Å²) in [6.07, 6.45) is 2.06. The maximum Gasteiger partial charge on any atom is 0.343 e. The summed E-state index contributed by atoms with van der Waals surface area (Å²) in [7, 11) is 0. The van der Waals surface area contributed by atoms with E-state index in [2.05, 4.69) is 4.90 Å². The highest BCUT2D eigenvalue weighted by Gasteiger charge is 2.23. The molecule has 0 saturated carbocycles. The first-order valence-corrected chi connectivity index (χ1v) is 8.96. The minimum absolute atomic E-state index is 0.0882. The Bertz CT molecular complexity index is 1140. The van der Waals surface area contributed by atoms with Crippen LogP contribution in [-0.2, 0) is 14.4 Å². The summed E-state index contributed by atoms with van der Waals surface area (Å²) >= 11 is 0. The Kier molecular flexibility index (Phi) is 5.83. The fourth-order valence-corrected chi connectivity index (χ4v) is 2.98. The van der Waals surface area contributed by atoms with Gasteiger partial charge in [-0.1, -0.05) is 0 Å². The van der Waals surface area contributed by atoms with E-state index < -0.39 is 42.1 Å². The van der Waals surface area contributed by atoms with E-state index in [1.807, 2.05) is 6.07 Å². The summed E-state index contributed by atoms with van der Waals surface area (Å²) in [5, 5.41) is 27.6. The number of fused-ring (bicyclic) bond motifs is 1. The van der Waals surface area contributed by atoms with E-state index in [9.17, 15) is 24.4 Å². The molecule has 0 spiro atoms. The highest BCUT2D eigenvalue weighted by Crippen LogP contribution is 2.25. The van der Waals surface area contributed by atoms with Crippen molar-refractivity contribution in [3.05, 3.63) is 45.8 Å². The highest BCUT2D eigenvalue weighted by molar-refractivity contribution is 6.04. The number of hydrogen-bond donors (Lipinski definition) is 2. The summed E-state index contributed by atoms with van der Waals surface area (Å²) in [4.78, 5) is 49.2. The lowest BCUT2D eigenvalue weighted by Crippen LogP contribution is -2.40. The molecule has 3 rings (SSSR count). The van der Waals surface area contributed by atoms with E-state index in [4.69, 9.17) is 14.6 Å². The molecular formula is C20H17N3O7. The van der Waals surface area contributed by atoms with Crippen molar-refractivity contribution in [3.8, 4) is 6.07 Å². The van der Waals surface area contributed by atoms with E-state index >= 15 is 0 Å². The van der Waals surface area contributed by atoms with Gasteiger partial charge in [0.2, 0.25) is 0 Å². The Morgan fingerprint density at radius 2 is 1.83 bits per heavy atom. The molecule has 154 valence electrons. The molecule has 0 radical (unpaired) electrons. The van der Waals surface area contributed by atoms with Crippen molar-refractivity contribution in [3.63, 3.8) is 0 Å². The second kappa shape index (κ2) is 8.48. The van der Waals surface area contributed by atoms with Gasteiger partial charge in [-0.15, -0.1) is 0 Å². The quantitative estimate of drug-likeness (QED) is 0.384. The number of aliphatic carboxylic acids is 2. The van der Waals surface area contributed by atoms with Gasteiger partial charge in [-0.3, -0.25) is 14.4 Å². The molecule has 0 bridgehead atoms. The molecule has 30 heavy (non-hydrogen) atoms. The predicted molar refractivity (Wildman–Crippen MR) is 105 cm³/mol. The number of anilines is 1. The van der Waals surface area contributed by atoms with Gasteiger partial charge >= 0.3 is 17.6 Å². The number of carbonyl (C=O) groups excluding carboxylic acids is 1. The molecule has 0 atom stereocenters. The SMILES string of the molecule is N#CC(=Cc1cc2ccc(N3CCC3)cc2oc1=O)C(=O)N(CC(=O)O)CC(=O)O. The summed E-state index contributed by atoms with van der Waals surface area (Å²) < 4.78 is 5.32. The van der Waals surface area contributed by atoms with Crippen LogP contribution in [0.5, 0.6) is 0 Å². The molecule has 2 aromatic rings. The van der Waals surface area contributed by atoms with Crippen LogP contribution in [0.15, 0.2) is 39.1 Å². The normalized spacial score (nSPS) is 13.4. The summed E-state index contributed by atoms with van der Waals surface area (Å²) in [6.45, 7) is 0.0340. The Hall–Kier alpha value is -4.13. The molecular weight excluding hydrogens is 394 g/mol. The first kappa shape index (κ1) is 20.6. The molecule has 2 N–H and O–H groups in total. The molecule has 1 aliphatic rings. The van der Waals surface area contributed by atoms with Gasteiger partial charge in [-0.25, -0.2) is 4.79 Å². The average molecular weight is 411 g/mol. The van der Waals surface area contributed by atoms with E-state index in [0.717, 1.165) is 31.3 Å². The van der Waals surface area contributed by atoms with Crippen molar-refractivity contribution in [1.29, 1.82) is 5.26 Å². The van der Waals surface area contributed by atoms with Crippen molar-refractivity contribution < 1.29 is 29.0 Å². The molecule has 10 nitrogen and oxygen atoms in total. The molecule has 1 saturated heterocycles. The maximum atomic E-state index is 12.5. The van der Waals surface area contributed by atoms with E-state index in [1.165, 1.54) is 6.07 Å². The summed E-state index contributed by atoms with van der Waals surface area (Å²) in [5.41, 5.74) is -0.182. The van der Waals surface area contributed by atoms with Crippen molar-refractivity contribution in [2.45, 2.75) is 6.42 Å². The second-order valence-electron chi connectivity index (χ2n) is 6.67. The van der Waals surface area contributed by atoms with Crippen LogP contribution in [-0.4, -0.2) is 59.1 Å². The predicted octanol–water partition coefficient (Wildman–Crippen LogP) is 0.908. The monoisotopic (exact) mass is 411 g/mol. The van der Waals surface area contributed by atoms with Gasteiger partial charge in [0.25, 0.3) is 5.91 Å². The van der Waals surface area contributed by atoms with E-state index in [-0.39, 0.29) is 5.56 Å². The average Bonchev–Trinajstić information content (AvgIpc) is 2.63. The lowest BCUT2D eigenvalue weighted by atomic mass is 10.1. The maximum absolute atomic E-state index is 12.5. The molecule has 0 unspecified atom stereocenters. The first-order valence-electron chi connectivity index (χ1n) is 8.96. The molecule has 1 aromatic heterocycles. The van der Waals surface area contributed by atoms with Gasteiger partial charge in [-0.2, -0.15) is 5.26 Å². The number of carboxylic acid groups (broad SMARTS) is 2. The zero-order chi connectivity index (χ0) is 21.8. The van der Waals surface area contributed by atoms with E-state index in [1.54, 1.807) is 18.2 Å². The summed E-state index contributed by atoms with van der Waals surface area (Å²) in [6, 6.07) is 8.39. The molecule has 1 amide bonds. The fourth-order valence-electron chi connectivity index (χ4n) is 2.98. The number of carbonyl (C=O) groups is 3. The zero-order valence-electron chi connectivity index (χ0n) is 15.7. The van der Waals surface area contributed by atoms with Crippen molar-refractivity contribution in [2.24, 2.45) is 0 Å². The number of nitriles is 1. The largest absolute Gasteiger partial charge is 0.480 e. The van der Waals surface area contributed by atoms with Crippen LogP contribution in [0.25, 0.3) is 17.0 Å². The number of hydrogen-bond acceptors (Lipinski definition) is 7. The number of carboxylic acids is 2. The lowest BCUT2D eigenvalue weighted by molar-refractivity contribution is -0.147. The third-order valence-corrected chi connectivity index (χ3v) is 4.56. The Morgan fingerprint density at radius 3 is 2.37 bits per heavy atom. The minimum atomic E-state index is -1.44. The smallest absolute Gasteiger partial charge is 0.343 e. The number of benzene rings is 1. The number of amides is 1. The van der Waals surface area contributed by atoms with Crippen LogP contribution in [0, 0.1) is 11.3 Å². The first-order chi connectivity index (χ1) is 14.3. The van der Waals surface area contributed by atoms with Gasteiger partial charge in [-0.05, 0) is 30.7 Å². The fraction of sp³-hybridized carbons (Fsp3) is 0.250. The number of nitrogens with zero attached hydrogens (tertiary/aromatic N) is 3. The van der Waals surface area contributed by atoms with E-state index in [0.29, 0.717) is 15.9 Å². The lowest BCUT2D eigenvalue weighted by Gasteiger charge is -2.33. The highest BCUT2D eigenvalue weighted by atomic mass is 16.4. The van der Waals surface area contributed by atoms with Crippen molar-refractivity contribution >= 4 is 40.6 Å². The van der Waals surface area contributed by atoms with Crippen LogP contribution in [0.4, 0.5) is 5.69 Å². The van der Waals surface area contributed by atoms with Crippen molar-refractivity contribution in [2.75, 3.05) is 31.1 Å². The molecule has 1 aliphatic heterocycles. The molecule has 10 heteroatoms. The Labute approximate surface area is 169 Å². The standard InChI is InChI=1S/C20H17N3O7/c21-9-14(19(28)23(10-17(24)25)11-18(26)27)7-13-6-12-2-3-15(22-4-1-5-22)8-16(12)30-20(13)29/h2-3,6-8H,1,4-5,10-11H2,(H,24,25)(H,26,27). The topological polar surface area (TPSA) is 152 Å². The summed E-state index contributed by atoms with van der Waals surface area (Å²) in [5.74, 6) is -4.00. The van der Waals surface area contributed by atoms with Crippen LogP contribution < -0.4 is 10.5 Å². The Balaban J connectivity index is 1.95. The second-order valence-corrected chi connectivity index (χ2v) is 6.67. The van der Waals surface area contributed by atoms with Gasteiger partial charge in [0.1, 0.15) is 30.3 Å². The minimum Gasteiger partial charge on any atom is -0.480 e. The van der Waals surface area contributed by atoms with Crippen LogP contribution in [0.1, 0.15) is 12.0 Å². The zero-order valence-corrected chi connectivity index (χ0v) is 15.7. The van der Waals surface area contributed by atoms with Gasteiger partial charge in [0, 0.05) is 30.2 Å². The van der Waals surface area contributed by atoms with Crippen LogP contribution in [0.2, 0.25) is 0 Å². The van der Waals surface area contributed by atoms with Crippen molar-refractivity contribution in [1.82, 2.24) is 4.90 Å². The number of rotatable bonds is 7. The van der Waals surface area contributed by atoms with Gasteiger partial charge in [0.15, 0.2) is 0 Å². The van der Waals surface area contributed by atoms with Crippen LogP contribution in [0.3, 0.4) is 0 Å². The third kappa shape index (κ3) is 4.47. The molecule has 1 aromatic carbocycles. The third-order valence-electron chi connectivity index (χ3n) is 4.56. The van der Waals surface area contributed by atoms with Crippen LogP contribution >= 0.6 is 0 Å². The molecule has 1 fully saturated rings.